The predicted octanol–water partition coefficient (Wildman–Crippen LogP) is 1.80. The second-order valence-corrected chi connectivity index (χ2v) is 4.26. The van der Waals surface area contributed by atoms with Gasteiger partial charge in [0.05, 0.1) is 0 Å². The molecular formula is C12H19N3. The van der Waals surface area contributed by atoms with E-state index in [0.717, 1.165) is 30.5 Å². The third-order valence-corrected chi connectivity index (χ3v) is 2.86. The molecular weight excluding hydrogens is 186 g/mol. The van der Waals surface area contributed by atoms with Gasteiger partial charge in [-0.25, -0.2) is 4.98 Å². The molecule has 1 aromatic heterocycles. The standard InChI is InChI=1S/C12H19N3/c1-10-4-2-6-12(15-10)14-9-11-5-3-7-13-8-11/h2,4,6,11,13H,3,5,7-9H2,1H3,(H,14,15). The van der Waals surface area contributed by atoms with Crippen molar-refractivity contribution in [2.24, 2.45) is 5.92 Å². The molecule has 1 aliphatic heterocycles. The molecule has 0 bridgehead atoms. The molecule has 3 nitrogen and oxygen atoms in total. The average Bonchev–Trinajstić information content (AvgIpc) is 2.28. The number of anilines is 1. The van der Waals surface area contributed by atoms with Gasteiger partial charge in [0.2, 0.25) is 0 Å². The number of hydrogen-bond acceptors (Lipinski definition) is 3. The number of hydrogen-bond donors (Lipinski definition) is 2. The van der Waals surface area contributed by atoms with Crippen molar-refractivity contribution in [2.75, 3.05) is 25.0 Å². The molecule has 1 saturated heterocycles. The molecule has 82 valence electrons. The highest BCUT2D eigenvalue weighted by Crippen LogP contribution is 2.11. The van der Waals surface area contributed by atoms with Crippen molar-refractivity contribution in [2.45, 2.75) is 19.8 Å². The SMILES string of the molecule is Cc1cccc(NCC2CCCNC2)n1. The minimum absolute atomic E-state index is 0.751. The Hall–Kier alpha value is -1.09. The molecule has 1 atom stereocenters. The number of pyridine rings is 1. The van der Waals surface area contributed by atoms with Gasteiger partial charge in [0, 0.05) is 12.2 Å². The smallest absolute Gasteiger partial charge is 0.126 e. The molecule has 0 aromatic carbocycles. The Morgan fingerprint density at radius 1 is 1.53 bits per heavy atom. The van der Waals surface area contributed by atoms with E-state index in [-0.39, 0.29) is 0 Å². The van der Waals surface area contributed by atoms with E-state index in [0.29, 0.717) is 0 Å². The predicted molar refractivity (Wildman–Crippen MR) is 63.1 cm³/mol. The van der Waals surface area contributed by atoms with Gasteiger partial charge in [-0.1, -0.05) is 6.07 Å². The van der Waals surface area contributed by atoms with Crippen LogP contribution >= 0.6 is 0 Å². The van der Waals surface area contributed by atoms with E-state index in [1.165, 1.54) is 19.4 Å². The summed E-state index contributed by atoms with van der Waals surface area (Å²) in [6, 6.07) is 6.10. The summed E-state index contributed by atoms with van der Waals surface area (Å²) in [6.07, 6.45) is 2.62. The molecule has 3 heteroatoms. The van der Waals surface area contributed by atoms with Crippen molar-refractivity contribution >= 4 is 5.82 Å². The minimum atomic E-state index is 0.751. The van der Waals surface area contributed by atoms with Crippen LogP contribution in [0.3, 0.4) is 0 Å². The normalized spacial score (nSPS) is 21.3. The molecule has 0 spiro atoms. The van der Waals surface area contributed by atoms with Gasteiger partial charge < -0.3 is 10.6 Å². The largest absolute Gasteiger partial charge is 0.370 e. The van der Waals surface area contributed by atoms with Crippen LogP contribution in [-0.2, 0) is 0 Å². The van der Waals surface area contributed by atoms with Crippen molar-refractivity contribution in [3.63, 3.8) is 0 Å². The van der Waals surface area contributed by atoms with Crippen LogP contribution in [-0.4, -0.2) is 24.6 Å². The van der Waals surface area contributed by atoms with Crippen LogP contribution in [0.15, 0.2) is 18.2 Å². The zero-order chi connectivity index (χ0) is 10.5. The highest BCUT2D eigenvalue weighted by atomic mass is 15.0. The fourth-order valence-corrected chi connectivity index (χ4v) is 1.99. The molecule has 1 aliphatic rings. The van der Waals surface area contributed by atoms with Crippen LogP contribution in [0, 0.1) is 12.8 Å². The maximum absolute atomic E-state index is 4.43. The molecule has 0 radical (unpaired) electrons. The summed E-state index contributed by atoms with van der Waals surface area (Å²) >= 11 is 0. The lowest BCUT2D eigenvalue weighted by Gasteiger charge is -2.23. The van der Waals surface area contributed by atoms with Gasteiger partial charge in [-0.15, -0.1) is 0 Å². The second-order valence-electron chi connectivity index (χ2n) is 4.26. The van der Waals surface area contributed by atoms with Crippen LogP contribution in [0.2, 0.25) is 0 Å². The first-order valence-electron chi connectivity index (χ1n) is 5.73. The molecule has 1 unspecified atom stereocenters. The molecule has 0 amide bonds. The van der Waals surface area contributed by atoms with E-state index in [4.69, 9.17) is 0 Å². The number of aromatic nitrogens is 1. The third-order valence-electron chi connectivity index (χ3n) is 2.86. The van der Waals surface area contributed by atoms with Gasteiger partial charge in [-0.3, -0.25) is 0 Å². The lowest BCUT2D eigenvalue weighted by Crippen LogP contribution is -2.33. The summed E-state index contributed by atoms with van der Waals surface area (Å²) in [5.74, 6) is 1.75. The first kappa shape index (κ1) is 10.4. The van der Waals surface area contributed by atoms with E-state index in [1.54, 1.807) is 0 Å². The highest BCUT2D eigenvalue weighted by molar-refractivity contribution is 5.35. The summed E-state index contributed by atoms with van der Waals surface area (Å²) in [4.78, 5) is 4.43. The average molecular weight is 205 g/mol. The minimum Gasteiger partial charge on any atom is -0.370 e. The Bertz CT molecular complexity index is 305. The fourth-order valence-electron chi connectivity index (χ4n) is 1.99. The van der Waals surface area contributed by atoms with E-state index in [9.17, 15) is 0 Å². The molecule has 15 heavy (non-hydrogen) atoms. The second kappa shape index (κ2) is 5.12. The van der Waals surface area contributed by atoms with Crippen LogP contribution in [0.4, 0.5) is 5.82 Å². The first-order valence-corrected chi connectivity index (χ1v) is 5.73. The number of nitrogens with zero attached hydrogens (tertiary/aromatic N) is 1. The van der Waals surface area contributed by atoms with E-state index >= 15 is 0 Å². The van der Waals surface area contributed by atoms with E-state index in [1.807, 2.05) is 25.1 Å². The van der Waals surface area contributed by atoms with E-state index < -0.39 is 0 Å². The summed E-state index contributed by atoms with van der Waals surface area (Å²) < 4.78 is 0. The van der Waals surface area contributed by atoms with Crippen molar-refractivity contribution < 1.29 is 0 Å². The Balaban J connectivity index is 1.81. The Labute approximate surface area is 91.3 Å². The lowest BCUT2D eigenvalue weighted by molar-refractivity contribution is 0.392. The summed E-state index contributed by atoms with van der Waals surface area (Å²) in [5.41, 5.74) is 1.07. The zero-order valence-electron chi connectivity index (χ0n) is 9.29. The molecule has 2 rings (SSSR count). The van der Waals surface area contributed by atoms with Crippen LogP contribution in [0.25, 0.3) is 0 Å². The van der Waals surface area contributed by atoms with Gasteiger partial charge in [0.25, 0.3) is 0 Å². The monoisotopic (exact) mass is 205 g/mol. The Kier molecular flexibility index (Phi) is 3.56. The fraction of sp³-hybridized carbons (Fsp3) is 0.583. The molecule has 2 N–H and O–H groups in total. The van der Waals surface area contributed by atoms with Crippen LogP contribution in [0.1, 0.15) is 18.5 Å². The molecule has 0 aliphatic carbocycles. The van der Waals surface area contributed by atoms with Crippen LogP contribution < -0.4 is 10.6 Å². The van der Waals surface area contributed by atoms with Crippen molar-refractivity contribution in [1.29, 1.82) is 0 Å². The Morgan fingerprint density at radius 3 is 3.20 bits per heavy atom. The third kappa shape index (κ3) is 3.20. The van der Waals surface area contributed by atoms with Gasteiger partial charge in [0.15, 0.2) is 0 Å². The molecule has 0 saturated carbocycles. The highest BCUT2D eigenvalue weighted by Gasteiger charge is 2.12. The topological polar surface area (TPSA) is 37.0 Å². The molecule has 1 fully saturated rings. The summed E-state index contributed by atoms with van der Waals surface area (Å²) in [5, 5.41) is 6.83. The maximum atomic E-state index is 4.43. The quantitative estimate of drug-likeness (QED) is 0.790. The number of rotatable bonds is 3. The number of piperidine rings is 1. The van der Waals surface area contributed by atoms with Gasteiger partial charge in [0.1, 0.15) is 5.82 Å². The number of aryl methyl sites for hydroxylation is 1. The molecule has 1 aromatic rings. The van der Waals surface area contributed by atoms with Crippen molar-refractivity contribution in [3.8, 4) is 0 Å². The summed E-state index contributed by atoms with van der Waals surface area (Å²) in [7, 11) is 0. The van der Waals surface area contributed by atoms with Crippen molar-refractivity contribution in [1.82, 2.24) is 10.3 Å². The first-order chi connectivity index (χ1) is 7.34. The lowest BCUT2D eigenvalue weighted by atomic mass is 10.00. The Morgan fingerprint density at radius 2 is 2.47 bits per heavy atom. The van der Waals surface area contributed by atoms with Gasteiger partial charge in [-0.05, 0) is 50.9 Å². The number of nitrogens with one attached hydrogen (secondary N) is 2. The van der Waals surface area contributed by atoms with Crippen LogP contribution in [0.5, 0.6) is 0 Å². The van der Waals surface area contributed by atoms with Gasteiger partial charge >= 0.3 is 0 Å². The van der Waals surface area contributed by atoms with Crippen molar-refractivity contribution in [3.05, 3.63) is 23.9 Å². The molecule has 2 heterocycles. The van der Waals surface area contributed by atoms with E-state index in [2.05, 4.69) is 15.6 Å². The zero-order valence-corrected chi connectivity index (χ0v) is 9.29. The summed E-state index contributed by atoms with van der Waals surface area (Å²) in [6.45, 7) is 5.37. The van der Waals surface area contributed by atoms with Gasteiger partial charge in [-0.2, -0.15) is 0 Å². The maximum Gasteiger partial charge on any atom is 0.126 e.